The minimum Gasteiger partial charge on any atom is -0.494 e. The SMILES string of the molecule is CCOc1ccnc(NC(=O)C(C)C)c1. The highest BCUT2D eigenvalue weighted by molar-refractivity contribution is 5.91. The maximum absolute atomic E-state index is 11.4. The Morgan fingerprint density at radius 2 is 2.33 bits per heavy atom. The van der Waals surface area contributed by atoms with Gasteiger partial charge in [0.2, 0.25) is 5.91 Å². The molecule has 0 saturated carbocycles. The third-order valence-electron chi connectivity index (χ3n) is 1.82. The number of hydrogen-bond donors (Lipinski definition) is 1. The number of nitrogens with zero attached hydrogens (tertiary/aromatic N) is 1. The van der Waals surface area contributed by atoms with Crippen LogP contribution in [0.1, 0.15) is 20.8 Å². The van der Waals surface area contributed by atoms with Crippen molar-refractivity contribution < 1.29 is 9.53 Å². The van der Waals surface area contributed by atoms with E-state index in [4.69, 9.17) is 4.74 Å². The lowest BCUT2D eigenvalue weighted by Gasteiger charge is -2.08. The van der Waals surface area contributed by atoms with Crippen molar-refractivity contribution in [3.8, 4) is 5.75 Å². The van der Waals surface area contributed by atoms with Crippen LogP contribution < -0.4 is 10.1 Å². The average molecular weight is 208 g/mol. The number of ether oxygens (including phenoxy) is 1. The lowest BCUT2D eigenvalue weighted by molar-refractivity contribution is -0.118. The minimum absolute atomic E-state index is 0.0452. The van der Waals surface area contributed by atoms with Crippen LogP contribution >= 0.6 is 0 Å². The van der Waals surface area contributed by atoms with Gasteiger partial charge in [-0.3, -0.25) is 4.79 Å². The van der Waals surface area contributed by atoms with E-state index in [2.05, 4.69) is 10.3 Å². The van der Waals surface area contributed by atoms with Crippen molar-refractivity contribution in [1.82, 2.24) is 4.98 Å². The molecule has 1 aromatic rings. The van der Waals surface area contributed by atoms with Gasteiger partial charge in [-0.1, -0.05) is 13.8 Å². The Labute approximate surface area is 89.7 Å². The first-order valence-corrected chi connectivity index (χ1v) is 5.03. The van der Waals surface area contributed by atoms with Crippen LogP contribution in [0.4, 0.5) is 5.82 Å². The van der Waals surface area contributed by atoms with E-state index in [1.54, 1.807) is 18.3 Å². The van der Waals surface area contributed by atoms with Crippen molar-refractivity contribution in [2.24, 2.45) is 5.92 Å². The quantitative estimate of drug-likeness (QED) is 0.824. The molecule has 0 bridgehead atoms. The third-order valence-corrected chi connectivity index (χ3v) is 1.82. The van der Waals surface area contributed by atoms with E-state index in [0.29, 0.717) is 18.2 Å². The predicted molar refractivity (Wildman–Crippen MR) is 58.9 cm³/mol. The number of carbonyl (C=O) groups excluding carboxylic acids is 1. The zero-order chi connectivity index (χ0) is 11.3. The molecular weight excluding hydrogens is 192 g/mol. The lowest BCUT2D eigenvalue weighted by atomic mass is 10.2. The molecule has 0 fully saturated rings. The van der Waals surface area contributed by atoms with Crippen molar-refractivity contribution in [2.75, 3.05) is 11.9 Å². The average Bonchev–Trinajstić information content (AvgIpc) is 2.18. The van der Waals surface area contributed by atoms with Gasteiger partial charge in [-0.25, -0.2) is 4.98 Å². The monoisotopic (exact) mass is 208 g/mol. The van der Waals surface area contributed by atoms with Gasteiger partial charge in [0.25, 0.3) is 0 Å². The topological polar surface area (TPSA) is 51.2 Å². The van der Waals surface area contributed by atoms with Crippen molar-refractivity contribution >= 4 is 11.7 Å². The molecule has 1 aromatic heterocycles. The molecule has 1 heterocycles. The van der Waals surface area contributed by atoms with E-state index in [1.165, 1.54) is 0 Å². The van der Waals surface area contributed by atoms with E-state index in [1.807, 2.05) is 20.8 Å². The molecule has 0 aliphatic carbocycles. The fraction of sp³-hybridized carbons (Fsp3) is 0.455. The smallest absolute Gasteiger partial charge is 0.228 e. The standard InChI is InChI=1S/C11H16N2O2/c1-4-15-9-5-6-12-10(7-9)13-11(14)8(2)3/h5-8H,4H2,1-3H3,(H,12,13,14). The Morgan fingerprint density at radius 3 is 2.93 bits per heavy atom. The van der Waals surface area contributed by atoms with E-state index in [-0.39, 0.29) is 11.8 Å². The molecule has 0 aliphatic heterocycles. The van der Waals surface area contributed by atoms with E-state index in [0.717, 1.165) is 0 Å². The Hall–Kier alpha value is -1.58. The molecule has 0 aromatic carbocycles. The second kappa shape index (κ2) is 5.34. The molecule has 0 atom stereocenters. The highest BCUT2D eigenvalue weighted by atomic mass is 16.5. The summed E-state index contributed by atoms with van der Waals surface area (Å²) in [5.41, 5.74) is 0. The zero-order valence-corrected chi connectivity index (χ0v) is 9.28. The number of carbonyl (C=O) groups is 1. The fourth-order valence-electron chi connectivity index (χ4n) is 1.01. The summed E-state index contributed by atoms with van der Waals surface area (Å²) in [6.45, 7) is 6.18. The Balaban J connectivity index is 2.69. The number of hydrogen-bond acceptors (Lipinski definition) is 3. The molecule has 0 saturated heterocycles. The van der Waals surface area contributed by atoms with Crippen LogP contribution in [0.15, 0.2) is 18.3 Å². The third kappa shape index (κ3) is 3.58. The lowest BCUT2D eigenvalue weighted by Crippen LogP contribution is -2.18. The first-order valence-electron chi connectivity index (χ1n) is 5.03. The van der Waals surface area contributed by atoms with Gasteiger partial charge in [-0.2, -0.15) is 0 Å². The largest absolute Gasteiger partial charge is 0.494 e. The van der Waals surface area contributed by atoms with Crippen molar-refractivity contribution in [3.63, 3.8) is 0 Å². The molecular formula is C11H16N2O2. The molecule has 1 N–H and O–H groups in total. The van der Waals surface area contributed by atoms with Gasteiger partial charge in [-0.15, -0.1) is 0 Å². The second-order valence-electron chi connectivity index (χ2n) is 3.45. The minimum atomic E-state index is -0.0532. The predicted octanol–water partition coefficient (Wildman–Crippen LogP) is 2.07. The fourth-order valence-corrected chi connectivity index (χ4v) is 1.01. The van der Waals surface area contributed by atoms with E-state index >= 15 is 0 Å². The number of aromatic nitrogens is 1. The van der Waals surface area contributed by atoms with Crippen molar-refractivity contribution in [1.29, 1.82) is 0 Å². The van der Waals surface area contributed by atoms with Gasteiger partial charge in [-0.05, 0) is 13.0 Å². The molecule has 15 heavy (non-hydrogen) atoms. The number of amides is 1. The van der Waals surface area contributed by atoms with Crippen LogP contribution in [0.25, 0.3) is 0 Å². The summed E-state index contributed by atoms with van der Waals surface area (Å²) in [6, 6.07) is 3.47. The van der Waals surface area contributed by atoms with Gasteiger partial charge < -0.3 is 10.1 Å². The number of rotatable bonds is 4. The summed E-state index contributed by atoms with van der Waals surface area (Å²) < 4.78 is 5.30. The van der Waals surface area contributed by atoms with Gasteiger partial charge in [0.1, 0.15) is 11.6 Å². The van der Waals surface area contributed by atoms with Crippen LogP contribution in [0, 0.1) is 5.92 Å². The highest BCUT2D eigenvalue weighted by Crippen LogP contribution is 2.14. The highest BCUT2D eigenvalue weighted by Gasteiger charge is 2.07. The molecule has 4 nitrogen and oxygen atoms in total. The first-order chi connectivity index (χ1) is 7.13. The summed E-state index contributed by atoms with van der Waals surface area (Å²) in [6.07, 6.45) is 1.61. The number of anilines is 1. The van der Waals surface area contributed by atoms with Gasteiger partial charge in [0.05, 0.1) is 6.61 Å². The first kappa shape index (κ1) is 11.5. The zero-order valence-electron chi connectivity index (χ0n) is 9.28. The van der Waals surface area contributed by atoms with Crippen LogP contribution in [-0.2, 0) is 4.79 Å². The molecule has 1 amide bonds. The molecule has 1 rings (SSSR count). The summed E-state index contributed by atoms with van der Waals surface area (Å²) in [5.74, 6) is 1.14. The second-order valence-corrected chi connectivity index (χ2v) is 3.45. The summed E-state index contributed by atoms with van der Waals surface area (Å²) in [5, 5.41) is 2.71. The molecule has 0 spiro atoms. The van der Waals surface area contributed by atoms with Gasteiger partial charge in [0.15, 0.2) is 0 Å². The molecule has 82 valence electrons. The summed E-state index contributed by atoms with van der Waals surface area (Å²) in [4.78, 5) is 15.4. The maximum atomic E-state index is 11.4. The molecule has 0 unspecified atom stereocenters. The molecule has 0 radical (unpaired) electrons. The van der Waals surface area contributed by atoms with Crippen molar-refractivity contribution in [2.45, 2.75) is 20.8 Å². The Morgan fingerprint density at radius 1 is 1.60 bits per heavy atom. The van der Waals surface area contributed by atoms with Crippen LogP contribution in [0.2, 0.25) is 0 Å². The van der Waals surface area contributed by atoms with Gasteiger partial charge in [0, 0.05) is 18.2 Å². The Kier molecular flexibility index (Phi) is 4.09. The van der Waals surface area contributed by atoms with Crippen LogP contribution in [-0.4, -0.2) is 17.5 Å². The summed E-state index contributed by atoms with van der Waals surface area (Å²) >= 11 is 0. The van der Waals surface area contributed by atoms with E-state index in [9.17, 15) is 4.79 Å². The van der Waals surface area contributed by atoms with Crippen LogP contribution in [0.5, 0.6) is 5.75 Å². The van der Waals surface area contributed by atoms with Gasteiger partial charge >= 0.3 is 0 Å². The molecule has 0 aliphatic rings. The number of nitrogens with one attached hydrogen (secondary N) is 1. The van der Waals surface area contributed by atoms with Crippen molar-refractivity contribution in [3.05, 3.63) is 18.3 Å². The van der Waals surface area contributed by atoms with E-state index < -0.39 is 0 Å². The number of pyridine rings is 1. The molecule has 4 heteroatoms. The Bertz CT molecular complexity index is 337. The normalized spacial score (nSPS) is 10.1. The maximum Gasteiger partial charge on any atom is 0.228 e. The summed E-state index contributed by atoms with van der Waals surface area (Å²) in [7, 11) is 0. The van der Waals surface area contributed by atoms with Crippen LogP contribution in [0.3, 0.4) is 0 Å².